The van der Waals surface area contributed by atoms with Crippen LogP contribution in [0.1, 0.15) is 45.4 Å². The van der Waals surface area contributed by atoms with Gasteiger partial charge in [0, 0.05) is 49.3 Å². The molecule has 0 unspecified atom stereocenters. The molecule has 0 aromatic carbocycles. The lowest BCUT2D eigenvalue weighted by Crippen LogP contribution is -2.60. The number of hydrogen-bond donors (Lipinski definition) is 1. The predicted molar refractivity (Wildman–Crippen MR) is 97.8 cm³/mol. The zero-order valence-electron chi connectivity index (χ0n) is 14.6. The topological polar surface area (TPSA) is 18.5 Å². The van der Waals surface area contributed by atoms with Crippen molar-refractivity contribution in [2.45, 2.75) is 57.0 Å². The van der Waals surface area contributed by atoms with E-state index in [4.69, 9.17) is 0 Å². The molecule has 2 aliphatic heterocycles. The molecule has 3 rings (SSSR count). The smallest absolute Gasteiger partial charge is 0.0334 e. The van der Waals surface area contributed by atoms with Crippen LogP contribution in [0.25, 0.3) is 0 Å². The van der Waals surface area contributed by atoms with Gasteiger partial charge < -0.3 is 10.2 Å². The summed E-state index contributed by atoms with van der Waals surface area (Å²) < 4.78 is 0. The molecule has 4 heteroatoms. The summed E-state index contributed by atoms with van der Waals surface area (Å²) in [5, 5.41) is 4.02. The molecule has 0 amide bonds. The first-order valence-corrected chi connectivity index (χ1v) is 10.6. The third kappa shape index (κ3) is 4.00. The van der Waals surface area contributed by atoms with E-state index in [1.165, 1.54) is 82.8 Å². The quantitative estimate of drug-likeness (QED) is 0.856. The number of rotatable bonds is 4. The molecule has 3 aliphatic rings. The fourth-order valence-corrected chi connectivity index (χ4v) is 5.73. The third-order valence-corrected chi connectivity index (χ3v) is 7.21. The van der Waals surface area contributed by atoms with Gasteiger partial charge in [0.25, 0.3) is 0 Å². The van der Waals surface area contributed by atoms with E-state index >= 15 is 0 Å². The van der Waals surface area contributed by atoms with E-state index < -0.39 is 0 Å². The van der Waals surface area contributed by atoms with Crippen molar-refractivity contribution in [2.24, 2.45) is 5.92 Å². The lowest BCUT2D eigenvalue weighted by atomic mass is 9.79. The molecule has 1 saturated carbocycles. The predicted octanol–water partition coefficient (Wildman–Crippen LogP) is 2.67. The summed E-state index contributed by atoms with van der Waals surface area (Å²) in [6.07, 6.45) is 8.50. The van der Waals surface area contributed by atoms with Gasteiger partial charge in [-0.3, -0.25) is 4.90 Å². The molecule has 22 heavy (non-hydrogen) atoms. The summed E-state index contributed by atoms with van der Waals surface area (Å²) in [6, 6.07) is 0.731. The van der Waals surface area contributed by atoms with Crippen LogP contribution in [0.4, 0.5) is 0 Å². The van der Waals surface area contributed by atoms with Crippen molar-refractivity contribution in [3.05, 3.63) is 0 Å². The maximum atomic E-state index is 4.02. The Hall–Kier alpha value is 0.230. The maximum Gasteiger partial charge on any atom is 0.0334 e. The molecule has 2 heterocycles. The maximum absolute atomic E-state index is 4.02. The first-order valence-electron chi connectivity index (χ1n) is 9.44. The van der Waals surface area contributed by atoms with Gasteiger partial charge in [-0.1, -0.05) is 26.2 Å². The molecule has 3 nitrogen and oxygen atoms in total. The Kier molecular flexibility index (Phi) is 6.10. The van der Waals surface area contributed by atoms with Gasteiger partial charge in [-0.15, -0.1) is 0 Å². The van der Waals surface area contributed by atoms with E-state index in [2.05, 4.69) is 40.8 Å². The van der Waals surface area contributed by atoms with Gasteiger partial charge in [0.1, 0.15) is 0 Å². The molecular formula is C18H35N3S. The first-order chi connectivity index (χ1) is 10.7. The van der Waals surface area contributed by atoms with Gasteiger partial charge in [0.05, 0.1) is 0 Å². The zero-order valence-corrected chi connectivity index (χ0v) is 15.5. The summed E-state index contributed by atoms with van der Waals surface area (Å²) in [5.41, 5.74) is 0.475. The van der Waals surface area contributed by atoms with Crippen LogP contribution in [-0.2, 0) is 0 Å². The highest BCUT2D eigenvalue weighted by Gasteiger charge is 2.39. The van der Waals surface area contributed by atoms with Gasteiger partial charge in [-0.05, 0) is 38.8 Å². The lowest BCUT2D eigenvalue weighted by molar-refractivity contribution is 0.0496. The SMILES string of the molecule is C[C@H]1CN(C)CC[C@@H]1NCC1(N2CCSCC2)CCCCC1. The van der Waals surface area contributed by atoms with Gasteiger partial charge >= 0.3 is 0 Å². The Morgan fingerprint density at radius 2 is 1.82 bits per heavy atom. The van der Waals surface area contributed by atoms with Crippen molar-refractivity contribution in [3.8, 4) is 0 Å². The van der Waals surface area contributed by atoms with E-state index in [1.54, 1.807) is 0 Å². The van der Waals surface area contributed by atoms with E-state index in [-0.39, 0.29) is 0 Å². The van der Waals surface area contributed by atoms with Gasteiger partial charge in [0.15, 0.2) is 0 Å². The Morgan fingerprint density at radius 3 is 2.50 bits per heavy atom. The number of nitrogens with one attached hydrogen (secondary N) is 1. The van der Waals surface area contributed by atoms with Crippen LogP contribution in [0.3, 0.4) is 0 Å². The summed E-state index contributed by atoms with van der Waals surface area (Å²) in [4.78, 5) is 5.34. The van der Waals surface area contributed by atoms with Crippen molar-refractivity contribution in [1.29, 1.82) is 0 Å². The van der Waals surface area contributed by atoms with Crippen molar-refractivity contribution in [3.63, 3.8) is 0 Å². The number of piperidine rings is 1. The Morgan fingerprint density at radius 1 is 1.09 bits per heavy atom. The van der Waals surface area contributed by atoms with E-state index in [0.717, 1.165) is 12.0 Å². The van der Waals surface area contributed by atoms with Crippen molar-refractivity contribution in [1.82, 2.24) is 15.1 Å². The summed E-state index contributed by atoms with van der Waals surface area (Å²) >= 11 is 2.14. The standard InChI is InChI=1S/C18H35N3S/c1-16-14-20(2)9-6-17(16)19-15-18(7-4-3-5-8-18)21-10-12-22-13-11-21/h16-17,19H,3-15H2,1-2H3/t16-,17-/m0/s1. The normalized spacial score (nSPS) is 34.6. The molecule has 1 aliphatic carbocycles. The van der Waals surface area contributed by atoms with Crippen molar-refractivity contribution >= 4 is 11.8 Å². The van der Waals surface area contributed by atoms with Crippen LogP contribution in [0.2, 0.25) is 0 Å². The Balaban J connectivity index is 1.60. The highest BCUT2D eigenvalue weighted by atomic mass is 32.2. The van der Waals surface area contributed by atoms with Crippen molar-refractivity contribution in [2.75, 3.05) is 51.3 Å². The molecule has 2 atom stereocenters. The van der Waals surface area contributed by atoms with E-state index in [1.807, 2.05) is 0 Å². The summed E-state index contributed by atoms with van der Waals surface area (Å²) in [6.45, 7) is 8.81. The molecular weight excluding hydrogens is 290 g/mol. The van der Waals surface area contributed by atoms with Crippen LogP contribution < -0.4 is 5.32 Å². The zero-order chi connectivity index (χ0) is 15.4. The minimum absolute atomic E-state index is 0.475. The second-order valence-corrected chi connectivity index (χ2v) is 9.12. The molecule has 0 aromatic heterocycles. The summed E-state index contributed by atoms with van der Waals surface area (Å²) in [7, 11) is 2.26. The minimum Gasteiger partial charge on any atom is -0.312 e. The van der Waals surface area contributed by atoms with Gasteiger partial charge in [-0.2, -0.15) is 11.8 Å². The molecule has 2 saturated heterocycles. The molecule has 0 radical (unpaired) electrons. The largest absolute Gasteiger partial charge is 0.312 e. The molecule has 0 spiro atoms. The Bertz CT molecular complexity index is 337. The monoisotopic (exact) mass is 325 g/mol. The van der Waals surface area contributed by atoms with Gasteiger partial charge in [0.2, 0.25) is 0 Å². The number of nitrogens with zero attached hydrogens (tertiary/aromatic N) is 2. The second-order valence-electron chi connectivity index (χ2n) is 7.90. The number of thioether (sulfide) groups is 1. The van der Waals surface area contributed by atoms with Crippen LogP contribution in [0, 0.1) is 5.92 Å². The molecule has 3 fully saturated rings. The second kappa shape index (κ2) is 7.87. The molecule has 0 bridgehead atoms. The number of hydrogen-bond acceptors (Lipinski definition) is 4. The van der Waals surface area contributed by atoms with Crippen LogP contribution in [0.15, 0.2) is 0 Å². The highest BCUT2D eigenvalue weighted by Crippen LogP contribution is 2.35. The van der Waals surface area contributed by atoms with E-state index in [9.17, 15) is 0 Å². The molecule has 128 valence electrons. The highest BCUT2D eigenvalue weighted by molar-refractivity contribution is 7.99. The molecule has 1 N–H and O–H groups in total. The van der Waals surface area contributed by atoms with Crippen LogP contribution >= 0.6 is 11.8 Å². The van der Waals surface area contributed by atoms with E-state index in [0.29, 0.717) is 5.54 Å². The Labute approximate surface area is 141 Å². The van der Waals surface area contributed by atoms with Crippen molar-refractivity contribution < 1.29 is 0 Å². The fraction of sp³-hybridized carbons (Fsp3) is 1.00. The molecule has 0 aromatic rings. The fourth-order valence-electron chi connectivity index (χ4n) is 4.83. The number of likely N-dealkylation sites (tertiary alicyclic amines) is 1. The van der Waals surface area contributed by atoms with Crippen LogP contribution in [0.5, 0.6) is 0 Å². The van der Waals surface area contributed by atoms with Crippen LogP contribution in [-0.4, -0.2) is 72.7 Å². The lowest BCUT2D eigenvalue weighted by Gasteiger charge is -2.49. The third-order valence-electron chi connectivity index (χ3n) is 6.27. The minimum atomic E-state index is 0.475. The van der Waals surface area contributed by atoms with Gasteiger partial charge in [-0.25, -0.2) is 0 Å². The average Bonchev–Trinajstić information content (AvgIpc) is 2.56. The average molecular weight is 326 g/mol. The summed E-state index contributed by atoms with van der Waals surface area (Å²) in [5.74, 6) is 3.47. The first kappa shape index (κ1) is 17.1.